The number of hydrogen-bond donors (Lipinski definition) is 1. The van der Waals surface area contributed by atoms with Gasteiger partial charge in [0.2, 0.25) is 0 Å². The van der Waals surface area contributed by atoms with Crippen molar-refractivity contribution in [2.45, 2.75) is 38.6 Å². The zero-order valence-corrected chi connectivity index (χ0v) is 13.2. The lowest BCUT2D eigenvalue weighted by Crippen LogP contribution is -2.27. The highest BCUT2D eigenvalue weighted by atomic mass is 32.1. The SMILES string of the molecule is CCN(CCCN(C)C)c1nc2c(s1)CCCC2N. The summed E-state index contributed by atoms with van der Waals surface area (Å²) in [7, 11) is 4.24. The molecule has 2 N–H and O–H groups in total. The number of hydrogen-bond acceptors (Lipinski definition) is 5. The van der Waals surface area contributed by atoms with Crippen LogP contribution in [0, 0.1) is 0 Å². The van der Waals surface area contributed by atoms with Gasteiger partial charge in [0, 0.05) is 24.0 Å². The molecule has 1 unspecified atom stereocenters. The molecule has 0 bridgehead atoms. The second-order valence-corrected chi connectivity index (χ2v) is 6.60. The maximum Gasteiger partial charge on any atom is 0.185 e. The van der Waals surface area contributed by atoms with E-state index in [2.05, 4.69) is 30.8 Å². The zero-order valence-electron chi connectivity index (χ0n) is 12.4. The standard InChI is InChI=1S/C14H26N4S/c1-4-18(10-6-9-17(2)3)14-16-13-11(15)7-5-8-12(13)19-14/h11H,4-10,15H2,1-3H3. The molecule has 108 valence electrons. The van der Waals surface area contributed by atoms with E-state index in [1.54, 1.807) is 0 Å². The van der Waals surface area contributed by atoms with Crippen LogP contribution in [0.2, 0.25) is 0 Å². The quantitative estimate of drug-likeness (QED) is 0.869. The van der Waals surface area contributed by atoms with E-state index >= 15 is 0 Å². The smallest absolute Gasteiger partial charge is 0.185 e. The molecule has 0 radical (unpaired) electrons. The lowest BCUT2D eigenvalue weighted by atomic mass is 9.99. The number of anilines is 1. The third kappa shape index (κ3) is 3.68. The molecular formula is C14H26N4S. The summed E-state index contributed by atoms with van der Waals surface area (Å²) < 4.78 is 0. The van der Waals surface area contributed by atoms with Crippen molar-refractivity contribution in [1.29, 1.82) is 0 Å². The maximum absolute atomic E-state index is 6.16. The van der Waals surface area contributed by atoms with Crippen LogP contribution in [-0.4, -0.2) is 43.6 Å². The summed E-state index contributed by atoms with van der Waals surface area (Å²) in [5, 5.41) is 1.17. The summed E-state index contributed by atoms with van der Waals surface area (Å²) in [5.74, 6) is 0. The van der Waals surface area contributed by atoms with Gasteiger partial charge in [-0.1, -0.05) is 0 Å². The topological polar surface area (TPSA) is 45.4 Å². The Morgan fingerprint density at radius 1 is 1.37 bits per heavy atom. The van der Waals surface area contributed by atoms with Gasteiger partial charge < -0.3 is 15.5 Å². The van der Waals surface area contributed by atoms with Crippen molar-refractivity contribution in [2.24, 2.45) is 5.73 Å². The highest BCUT2D eigenvalue weighted by Gasteiger charge is 2.23. The highest BCUT2D eigenvalue weighted by molar-refractivity contribution is 7.15. The number of thiazole rings is 1. The fourth-order valence-electron chi connectivity index (χ4n) is 2.54. The first-order chi connectivity index (χ1) is 9.11. The third-order valence-electron chi connectivity index (χ3n) is 3.67. The third-order valence-corrected chi connectivity index (χ3v) is 4.86. The van der Waals surface area contributed by atoms with Gasteiger partial charge >= 0.3 is 0 Å². The van der Waals surface area contributed by atoms with Crippen molar-refractivity contribution >= 4 is 16.5 Å². The molecule has 5 heteroatoms. The van der Waals surface area contributed by atoms with Crippen LogP contribution < -0.4 is 10.6 Å². The van der Waals surface area contributed by atoms with Crippen LogP contribution in [-0.2, 0) is 6.42 Å². The predicted octanol–water partition coefficient (Wildman–Crippen LogP) is 2.26. The Bertz CT molecular complexity index is 402. The number of rotatable bonds is 6. The molecule has 0 fully saturated rings. The average Bonchev–Trinajstić information content (AvgIpc) is 2.79. The van der Waals surface area contributed by atoms with E-state index in [4.69, 9.17) is 10.7 Å². The van der Waals surface area contributed by atoms with Crippen LogP contribution in [0.15, 0.2) is 0 Å². The van der Waals surface area contributed by atoms with Gasteiger partial charge in [0.05, 0.1) is 5.69 Å². The van der Waals surface area contributed by atoms with Crippen molar-refractivity contribution < 1.29 is 0 Å². The maximum atomic E-state index is 6.16. The van der Waals surface area contributed by atoms with Gasteiger partial charge in [-0.15, -0.1) is 11.3 Å². The molecule has 1 atom stereocenters. The Morgan fingerprint density at radius 3 is 2.79 bits per heavy atom. The Hall–Kier alpha value is -0.650. The van der Waals surface area contributed by atoms with E-state index in [1.807, 2.05) is 11.3 Å². The molecule has 0 amide bonds. The van der Waals surface area contributed by atoms with Gasteiger partial charge in [-0.2, -0.15) is 0 Å². The molecule has 0 aromatic carbocycles. The van der Waals surface area contributed by atoms with Crippen molar-refractivity contribution in [2.75, 3.05) is 38.6 Å². The number of fused-ring (bicyclic) bond motifs is 1. The summed E-state index contributed by atoms with van der Waals surface area (Å²) in [6.45, 7) is 5.43. The molecule has 19 heavy (non-hydrogen) atoms. The summed E-state index contributed by atoms with van der Waals surface area (Å²) in [6.07, 6.45) is 4.64. The number of aryl methyl sites for hydroxylation is 1. The van der Waals surface area contributed by atoms with Crippen LogP contribution in [0.4, 0.5) is 5.13 Å². The normalized spacial score (nSPS) is 18.7. The number of nitrogens with zero attached hydrogens (tertiary/aromatic N) is 3. The molecular weight excluding hydrogens is 256 g/mol. The van der Waals surface area contributed by atoms with E-state index in [9.17, 15) is 0 Å². The average molecular weight is 282 g/mol. The molecule has 2 rings (SSSR count). The summed E-state index contributed by atoms with van der Waals surface area (Å²) in [5.41, 5.74) is 7.32. The van der Waals surface area contributed by atoms with E-state index in [0.717, 1.165) is 38.2 Å². The van der Waals surface area contributed by atoms with Crippen LogP contribution >= 0.6 is 11.3 Å². The van der Waals surface area contributed by atoms with Gasteiger partial charge in [-0.3, -0.25) is 0 Å². The lowest BCUT2D eigenvalue weighted by molar-refractivity contribution is 0.400. The monoisotopic (exact) mass is 282 g/mol. The summed E-state index contributed by atoms with van der Waals surface area (Å²) in [6, 6.07) is 0.161. The van der Waals surface area contributed by atoms with Crippen molar-refractivity contribution in [3.8, 4) is 0 Å². The molecule has 1 aromatic rings. The number of nitrogens with two attached hydrogens (primary N) is 1. The highest BCUT2D eigenvalue weighted by Crippen LogP contribution is 2.35. The van der Waals surface area contributed by atoms with Crippen LogP contribution in [0.3, 0.4) is 0 Å². The van der Waals surface area contributed by atoms with Gasteiger partial charge in [0.25, 0.3) is 0 Å². The Morgan fingerprint density at radius 2 is 2.16 bits per heavy atom. The van der Waals surface area contributed by atoms with Gasteiger partial charge in [0.1, 0.15) is 0 Å². The molecule has 4 nitrogen and oxygen atoms in total. The van der Waals surface area contributed by atoms with Gasteiger partial charge in [-0.25, -0.2) is 4.98 Å². The minimum Gasteiger partial charge on any atom is -0.348 e. The van der Waals surface area contributed by atoms with Crippen molar-refractivity contribution in [1.82, 2.24) is 9.88 Å². The first-order valence-electron chi connectivity index (χ1n) is 7.26. The fraction of sp³-hybridized carbons (Fsp3) is 0.786. The minimum atomic E-state index is 0.161. The fourth-order valence-corrected chi connectivity index (χ4v) is 3.80. The van der Waals surface area contributed by atoms with Crippen molar-refractivity contribution in [3.63, 3.8) is 0 Å². The largest absolute Gasteiger partial charge is 0.348 e. The van der Waals surface area contributed by atoms with Crippen molar-refractivity contribution in [3.05, 3.63) is 10.6 Å². The van der Waals surface area contributed by atoms with E-state index < -0.39 is 0 Å². The minimum absolute atomic E-state index is 0.161. The van der Waals surface area contributed by atoms with Crippen LogP contribution in [0.5, 0.6) is 0 Å². The van der Waals surface area contributed by atoms with E-state index in [1.165, 1.54) is 22.9 Å². The summed E-state index contributed by atoms with van der Waals surface area (Å²) in [4.78, 5) is 10.8. The summed E-state index contributed by atoms with van der Waals surface area (Å²) >= 11 is 1.85. The number of aromatic nitrogens is 1. The Kier molecular flexibility index (Phi) is 5.19. The molecule has 1 aromatic heterocycles. The van der Waals surface area contributed by atoms with Crippen LogP contribution in [0.1, 0.15) is 42.8 Å². The molecule has 0 saturated carbocycles. The molecule has 1 heterocycles. The second kappa shape index (κ2) is 6.68. The molecule has 0 aliphatic heterocycles. The molecule has 0 spiro atoms. The van der Waals surface area contributed by atoms with E-state index in [-0.39, 0.29) is 6.04 Å². The Labute approximate surface area is 120 Å². The van der Waals surface area contributed by atoms with Gasteiger partial charge in [-0.05, 0) is 53.2 Å². The van der Waals surface area contributed by atoms with Crippen LogP contribution in [0.25, 0.3) is 0 Å². The molecule has 0 saturated heterocycles. The van der Waals surface area contributed by atoms with E-state index in [0.29, 0.717) is 0 Å². The molecule has 1 aliphatic rings. The Balaban J connectivity index is 2.02. The first kappa shape index (κ1) is 14.8. The second-order valence-electron chi connectivity index (χ2n) is 5.54. The predicted molar refractivity (Wildman–Crippen MR) is 83.0 cm³/mol. The zero-order chi connectivity index (χ0) is 13.8. The lowest BCUT2D eigenvalue weighted by Gasteiger charge is -2.20. The first-order valence-corrected chi connectivity index (χ1v) is 8.08. The van der Waals surface area contributed by atoms with Gasteiger partial charge in [0.15, 0.2) is 5.13 Å². The molecule has 1 aliphatic carbocycles.